The number of rotatable bonds is 3. The van der Waals surface area contributed by atoms with E-state index in [1.165, 1.54) is 33.3 Å². The van der Waals surface area contributed by atoms with Crippen molar-refractivity contribution >= 4 is 10.9 Å². The zero-order chi connectivity index (χ0) is 15.0. The maximum Gasteiger partial charge on any atom is 0.0464 e. The lowest BCUT2D eigenvalue weighted by molar-refractivity contribution is 0.507. The first-order chi connectivity index (χ1) is 9.99. The van der Waals surface area contributed by atoms with E-state index in [1.54, 1.807) is 0 Å². The summed E-state index contributed by atoms with van der Waals surface area (Å²) in [5.74, 6) is 0. The second-order valence-corrected chi connectivity index (χ2v) is 6.59. The molecule has 0 saturated carbocycles. The molecule has 0 bridgehead atoms. The van der Waals surface area contributed by atoms with Crippen molar-refractivity contribution in [1.82, 2.24) is 4.98 Å². The van der Waals surface area contributed by atoms with Crippen LogP contribution in [0.4, 0.5) is 0 Å². The Morgan fingerprint density at radius 3 is 2.52 bits per heavy atom. The molecule has 1 heteroatoms. The molecule has 0 aliphatic rings. The molecule has 1 heterocycles. The van der Waals surface area contributed by atoms with Crippen molar-refractivity contribution in [3.8, 4) is 11.3 Å². The molecule has 0 spiro atoms. The predicted octanol–water partition coefficient (Wildman–Crippen LogP) is 5.83. The van der Waals surface area contributed by atoms with E-state index in [0.717, 1.165) is 6.42 Å². The van der Waals surface area contributed by atoms with Crippen LogP contribution in [0, 0.1) is 6.92 Å². The number of fused-ring (bicyclic) bond motifs is 1. The van der Waals surface area contributed by atoms with Gasteiger partial charge in [0.25, 0.3) is 0 Å². The summed E-state index contributed by atoms with van der Waals surface area (Å²) in [5, 5.41) is 1.30. The Hall–Kier alpha value is -2.02. The number of benzene rings is 2. The van der Waals surface area contributed by atoms with Gasteiger partial charge in [0.05, 0.1) is 0 Å². The zero-order valence-corrected chi connectivity index (χ0v) is 13.3. The number of nitrogens with one attached hydrogen (secondary N) is 1. The molecule has 3 aromatic rings. The van der Waals surface area contributed by atoms with Gasteiger partial charge >= 0.3 is 0 Å². The molecule has 0 saturated heterocycles. The topological polar surface area (TPSA) is 15.8 Å². The van der Waals surface area contributed by atoms with Crippen molar-refractivity contribution in [1.29, 1.82) is 0 Å². The first kappa shape index (κ1) is 13.9. The standard InChI is InChI=1S/C20H23N/c1-5-20(3,4)17-9-10-18-16(12-17)13-19(21-18)15-8-6-7-14(2)11-15/h6-13,21H,5H2,1-4H3. The SMILES string of the molecule is CCC(C)(C)c1ccc2[nH]c(-c3cccc(C)c3)cc2c1. The first-order valence-electron chi connectivity index (χ1n) is 7.70. The molecule has 1 aromatic heterocycles. The summed E-state index contributed by atoms with van der Waals surface area (Å²) in [5.41, 5.74) is 6.59. The first-order valence-corrected chi connectivity index (χ1v) is 7.70. The van der Waals surface area contributed by atoms with Gasteiger partial charge in [0.2, 0.25) is 0 Å². The highest BCUT2D eigenvalue weighted by Gasteiger charge is 2.18. The van der Waals surface area contributed by atoms with Gasteiger partial charge in [-0.2, -0.15) is 0 Å². The molecule has 0 aliphatic heterocycles. The molecule has 1 nitrogen and oxygen atoms in total. The fraction of sp³-hybridized carbons (Fsp3) is 0.300. The maximum absolute atomic E-state index is 3.54. The molecule has 3 rings (SSSR count). The number of aromatic amines is 1. The number of hydrogen-bond acceptors (Lipinski definition) is 0. The zero-order valence-electron chi connectivity index (χ0n) is 13.3. The van der Waals surface area contributed by atoms with Crippen LogP contribution in [0.5, 0.6) is 0 Å². The quantitative estimate of drug-likeness (QED) is 0.620. The van der Waals surface area contributed by atoms with E-state index in [4.69, 9.17) is 0 Å². The van der Waals surface area contributed by atoms with Gasteiger partial charge in [-0.1, -0.05) is 50.6 Å². The molecular weight excluding hydrogens is 254 g/mol. The normalized spacial score (nSPS) is 12.0. The van der Waals surface area contributed by atoms with Crippen molar-refractivity contribution in [3.63, 3.8) is 0 Å². The minimum atomic E-state index is 0.231. The smallest absolute Gasteiger partial charge is 0.0464 e. The Labute approximate surface area is 127 Å². The average Bonchev–Trinajstić information content (AvgIpc) is 2.90. The van der Waals surface area contributed by atoms with Crippen LogP contribution in [0.1, 0.15) is 38.3 Å². The Morgan fingerprint density at radius 2 is 1.81 bits per heavy atom. The summed E-state index contributed by atoms with van der Waals surface area (Å²) in [6.07, 6.45) is 1.15. The number of hydrogen-bond donors (Lipinski definition) is 1. The second-order valence-electron chi connectivity index (χ2n) is 6.59. The summed E-state index contributed by atoms with van der Waals surface area (Å²) in [6.45, 7) is 9.00. The lowest BCUT2D eigenvalue weighted by Gasteiger charge is -2.23. The molecule has 0 amide bonds. The number of aromatic nitrogens is 1. The Bertz CT molecular complexity index is 777. The van der Waals surface area contributed by atoms with E-state index >= 15 is 0 Å². The molecule has 108 valence electrons. The Balaban J connectivity index is 2.09. The summed E-state index contributed by atoms with van der Waals surface area (Å²) in [4.78, 5) is 3.54. The van der Waals surface area contributed by atoms with Crippen LogP contribution in [0.25, 0.3) is 22.2 Å². The molecule has 1 N–H and O–H groups in total. The summed E-state index contributed by atoms with van der Waals surface area (Å²) in [7, 11) is 0. The van der Waals surface area contributed by atoms with Crippen LogP contribution in [0.3, 0.4) is 0 Å². The third-order valence-corrected chi connectivity index (χ3v) is 4.62. The monoisotopic (exact) mass is 277 g/mol. The van der Waals surface area contributed by atoms with Crippen LogP contribution in [0.2, 0.25) is 0 Å². The predicted molar refractivity (Wildman–Crippen MR) is 91.8 cm³/mol. The van der Waals surface area contributed by atoms with Gasteiger partial charge in [0.1, 0.15) is 0 Å². The molecule has 2 aromatic carbocycles. The van der Waals surface area contributed by atoms with Gasteiger partial charge in [0.15, 0.2) is 0 Å². The van der Waals surface area contributed by atoms with Gasteiger partial charge < -0.3 is 4.98 Å². The largest absolute Gasteiger partial charge is 0.355 e. The number of aryl methyl sites for hydroxylation is 1. The van der Waals surface area contributed by atoms with Gasteiger partial charge in [-0.3, -0.25) is 0 Å². The van der Waals surface area contributed by atoms with Gasteiger partial charge in [0, 0.05) is 16.6 Å². The van der Waals surface area contributed by atoms with Crippen molar-refractivity contribution in [2.75, 3.05) is 0 Å². The molecule has 0 atom stereocenters. The third kappa shape index (κ3) is 2.61. The van der Waals surface area contributed by atoms with E-state index in [2.05, 4.69) is 81.2 Å². The van der Waals surface area contributed by atoms with E-state index in [-0.39, 0.29) is 5.41 Å². The van der Waals surface area contributed by atoms with Gasteiger partial charge in [-0.25, -0.2) is 0 Å². The van der Waals surface area contributed by atoms with E-state index in [0.29, 0.717) is 0 Å². The van der Waals surface area contributed by atoms with Crippen molar-refractivity contribution < 1.29 is 0 Å². The minimum absolute atomic E-state index is 0.231. The van der Waals surface area contributed by atoms with E-state index < -0.39 is 0 Å². The van der Waals surface area contributed by atoms with Gasteiger partial charge in [-0.05, 0) is 54.2 Å². The highest BCUT2D eigenvalue weighted by Crippen LogP contribution is 2.31. The fourth-order valence-corrected chi connectivity index (χ4v) is 2.73. The van der Waals surface area contributed by atoms with Gasteiger partial charge in [-0.15, -0.1) is 0 Å². The molecule has 0 aliphatic carbocycles. The van der Waals surface area contributed by atoms with Crippen molar-refractivity contribution in [3.05, 3.63) is 59.7 Å². The van der Waals surface area contributed by atoms with Crippen LogP contribution in [0.15, 0.2) is 48.5 Å². The lowest BCUT2D eigenvalue weighted by atomic mass is 9.82. The van der Waals surface area contributed by atoms with Crippen LogP contribution < -0.4 is 0 Å². The van der Waals surface area contributed by atoms with Crippen molar-refractivity contribution in [2.45, 2.75) is 39.5 Å². The lowest BCUT2D eigenvalue weighted by Crippen LogP contribution is -2.14. The molecule has 0 unspecified atom stereocenters. The Morgan fingerprint density at radius 1 is 1.00 bits per heavy atom. The summed E-state index contributed by atoms with van der Waals surface area (Å²) >= 11 is 0. The number of H-pyrrole nitrogens is 1. The van der Waals surface area contributed by atoms with Crippen LogP contribution in [-0.4, -0.2) is 4.98 Å². The van der Waals surface area contributed by atoms with Crippen molar-refractivity contribution in [2.24, 2.45) is 0 Å². The summed E-state index contributed by atoms with van der Waals surface area (Å²) in [6, 6.07) is 17.7. The third-order valence-electron chi connectivity index (χ3n) is 4.62. The Kier molecular flexibility index (Phi) is 3.36. The van der Waals surface area contributed by atoms with Crippen LogP contribution in [-0.2, 0) is 5.41 Å². The second kappa shape index (κ2) is 5.07. The molecule has 0 radical (unpaired) electrons. The van der Waals surface area contributed by atoms with E-state index in [9.17, 15) is 0 Å². The maximum atomic E-state index is 3.54. The van der Waals surface area contributed by atoms with Crippen LogP contribution >= 0.6 is 0 Å². The highest BCUT2D eigenvalue weighted by atomic mass is 14.7. The molecule has 21 heavy (non-hydrogen) atoms. The fourth-order valence-electron chi connectivity index (χ4n) is 2.73. The minimum Gasteiger partial charge on any atom is -0.355 e. The molecular formula is C20H23N. The average molecular weight is 277 g/mol. The molecule has 0 fully saturated rings. The summed E-state index contributed by atoms with van der Waals surface area (Å²) < 4.78 is 0. The van der Waals surface area contributed by atoms with E-state index in [1.807, 2.05) is 0 Å². The highest BCUT2D eigenvalue weighted by molar-refractivity contribution is 5.86.